The molecule has 0 aromatic rings. The molecule has 2 unspecified atom stereocenters. The summed E-state index contributed by atoms with van der Waals surface area (Å²) in [7, 11) is 0. The fourth-order valence-corrected chi connectivity index (χ4v) is 2.85. The van der Waals surface area contributed by atoms with Crippen molar-refractivity contribution in [2.45, 2.75) is 45.3 Å². The quantitative estimate of drug-likeness (QED) is 0.326. The molecule has 2 aliphatic rings. The number of amides is 1. The third-order valence-electron chi connectivity index (χ3n) is 3.92. The topological polar surface area (TPSA) is 88.2 Å². The molecule has 6 nitrogen and oxygen atoms in total. The molecule has 1 saturated carbocycles. The van der Waals surface area contributed by atoms with Gasteiger partial charge >= 0.3 is 0 Å². The molecule has 0 spiro atoms. The molecule has 3 N–H and O–H groups in total. The smallest absolute Gasteiger partial charge is 0.236 e. The second-order valence-electron chi connectivity index (χ2n) is 5.39. The Morgan fingerprint density at radius 3 is 2.33 bits per heavy atom. The molecule has 102 valence electrons. The number of ether oxygens (including phenoxy) is 1. The maximum absolute atomic E-state index is 12.6. The fourth-order valence-electron chi connectivity index (χ4n) is 2.85. The highest BCUT2D eigenvalue weighted by atomic mass is 16.5. The zero-order chi connectivity index (χ0) is 13.3. The number of nitrogens with zero attached hydrogens (tertiary/aromatic N) is 2. The molecular formula is C12H21N3O3. The van der Waals surface area contributed by atoms with Crippen LogP contribution >= 0.6 is 0 Å². The Morgan fingerprint density at radius 1 is 1.39 bits per heavy atom. The molecule has 1 amide bonds. The van der Waals surface area contributed by atoms with Crippen LogP contribution in [0.5, 0.6) is 0 Å². The van der Waals surface area contributed by atoms with Gasteiger partial charge in [-0.15, -0.1) is 0 Å². The molecule has 0 radical (unpaired) electrons. The molecule has 6 heteroatoms. The first-order chi connectivity index (χ1) is 8.49. The molecule has 2 atom stereocenters. The van der Waals surface area contributed by atoms with Gasteiger partial charge in [0.25, 0.3) is 0 Å². The Labute approximate surface area is 107 Å². The number of oxime groups is 1. The van der Waals surface area contributed by atoms with Gasteiger partial charge in [0.05, 0.1) is 12.2 Å². The van der Waals surface area contributed by atoms with E-state index in [1.54, 1.807) is 4.90 Å². The number of rotatable bonds is 2. The van der Waals surface area contributed by atoms with Crippen molar-refractivity contribution < 1.29 is 14.7 Å². The van der Waals surface area contributed by atoms with Gasteiger partial charge < -0.3 is 20.6 Å². The summed E-state index contributed by atoms with van der Waals surface area (Å²) in [5, 5.41) is 11.9. The first kappa shape index (κ1) is 13.1. The third-order valence-corrected chi connectivity index (χ3v) is 3.92. The molecule has 18 heavy (non-hydrogen) atoms. The van der Waals surface area contributed by atoms with Gasteiger partial charge in [0, 0.05) is 13.1 Å². The Balaban J connectivity index is 2.15. The minimum absolute atomic E-state index is 0.0222. The van der Waals surface area contributed by atoms with Gasteiger partial charge in [-0.3, -0.25) is 4.79 Å². The molecule has 2 fully saturated rings. The van der Waals surface area contributed by atoms with Crippen LogP contribution in [-0.4, -0.2) is 47.1 Å². The fraction of sp³-hybridized carbons (Fsp3) is 0.833. The van der Waals surface area contributed by atoms with E-state index in [9.17, 15) is 4.79 Å². The first-order valence-corrected chi connectivity index (χ1v) is 6.42. The summed E-state index contributed by atoms with van der Waals surface area (Å²) in [5.74, 6) is 0.0246. The normalized spacial score (nSPS) is 31.9. The summed E-state index contributed by atoms with van der Waals surface area (Å²) < 4.78 is 5.61. The van der Waals surface area contributed by atoms with Crippen LogP contribution in [0.25, 0.3) is 0 Å². The number of nitrogens with two attached hydrogens (primary N) is 1. The lowest BCUT2D eigenvalue weighted by molar-refractivity contribution is -0.153. The van der Waals surface area contributed by atoms with Crippen LogP contribution < -0.4 is 5.73 Å². The summed E-state index contributed by atoms with van der Waals surface area (Å²) in [4.78, 5) is 14.4. The van der Waals surface area contributed by atoms with Gasteiger partial charge in [-0.1, -0.05) is 11.6 Å². The standard InChI is InChI=1S/C12H21N3O3/c1-8-6-15(7-9(2)18-8)11(16)12(4-3-5-12)10(13)14-17/h8-9,17H,3-7H2,1-2H3,(H2,13,14). The van der Waals surface area contributed by atoms with E-state index < -0.39 is 5.41 Å². The molecule has 0 aromatic carbocycles. The van der Waals surface area contributed by atoms with E-state index in [1.165, 1.54) is 0 Å². The van der Waals surface area contributed by atoms with Crippen molar-refractivity contribution >= 4 is 11.7 Å². The molecule has 0 bridgehead atoms. The average molecular weight is 255 g/mol. The Hall–Kier alpha value is -1.30. The minimum atomic E-state index is -0.772. The number of carbonyl (C=O) groups excluding carboxylic acids is 1. The Bertz CT molecular complexity index is 356. The summed E-state index contributed by atoms with van der Waals surface area (Å²) >= 11 is 0. The molecule has 1 saturated heterocycles. The molecule has 1 heterocycles. The van der Waals surface area contributed by atoms with Crippen LogP contribution in [0, 0.1) is 5.41 Å². The van der Waals surface area contributed by atoms with Crippen LogP contribution in [0.4, 0.5) is 0 Å². The van der Waals surface area contributed by atoms with Crippen LogP contribution in [0.1, 0.15) is 33.1 Å². The van der Waals surface area contributed by atoms with Crippen molar-refractivity contribution in [3.63, 3.8) is 0 Å². The van der Waals surface area contributed by atoms with Crippen molar-refractivity contribution in [3.8, 4) is 0 Å². The third kappa shape index (κ3) is 2.05. The van der Waals surface area contributed by atoms with Gasteiger partial charge in [-0.2, -0.15) is 0 Å². The lowest BCUT2D eigenvalue weighted by Gasteiger charge is -2.45. The molecule has 2 rings (SSSR count). The van der Waals surface area contributed by atoms with Gasteiger partial charge in [0.2, 0.25) is 5.91 Å². The lowest BCUT2D eigenvalue weighted by atomic mass is 9.66. The molecule has 0 aromatic heterocycles. The van der Waals surface area contributed by atoms with Crippen molar-refractivity contribution in [2.24, 2.45) is 16.3 Å². The number of hydrogen-bond acceptors (Lipinski definition) is 4. The van der Waals surface area contributed by atoms with Crippen molar-refractivity contribution in [1.29, 1.82) is 0 Å². The number of amidine groups is 1. The van der Waals surface area contributed by atoms with E-state index >= 15 is 0 Å². The van der Waals surface area contributed by atoms with Gasteiger partial charge in [-0.05, 0) is 26.7 Å². The molecule has 1 aliphatic heterocycles. The Morgan fingerprint density at radius 2 is 1.94 bits per heavy atom. The van der Waals surface area contributed by atoms with E-state index in [-0.39, 0.29) is 24.0 Å². The lowest BCUT2D eigenvalue weighted by Crippen LogP contribution is -2.59. The number of morpholine rings is 1. The van der Waals surface area contributed by atoms with Crippen LogP contribution in [0.15, 0.2) is 5.16 Å². The number of hydrogen-bond donors (Lipinski definition) is 2. The number of carbonyl (C=O) groups is 1. The predicted molar refractivity (Wildman–Crippen MR) is 66.3 cm³/mol. The summed E-state index contributed by atoms with van der Waals surface area (Å²) in [5.41, 5.74) is 4.94. The van der Waals surface area contributed by atoms with Crippen molar-refractivity contribution in [2.75, 3.05) is 13.1 Å². The monoisotopic (exact) mass is 255 g/mol. The van der Waals surface area contributed by atoms with Crippen LogP contribution in [-0.2, 0) is 9.53 Å². The predicted octanol–water partition coefficient (Wildman–Crippen LogP) is 0.539. The van der Waals surface area contributed by atoms with Crippen LogP contribution in [0.3, 0.4) is 0 Å². The first-order valence-electron chi connectivity index (χ1n) is 6.42. The zero-order valence-electron chi connectivity index (χ0n) is 10.9. The summed E-state index contributed by atoms with van der Waals surface area (Å²) in [6, 6.07) is 0. The zero-order valence-corrected chi connectivity index (χ0v) is 10.9. The Kier molecular flexibility index (Phi) is 3.47. The van der Waals surface area contributed by atoms with E-state index in [0.717, 1.165) is 6.42 Å². The summed E-state index contributed by atoms with van der Waals surface area (Å²) in [6.07, 6.45) is 2.34. The highest BCUT2D eigenvalue weighted by Crippen LogP contribution is 2.43. The van der Waals surface area contributed by atoms with E-state index in [1.807, 2.05) is 13.8 Å². The SMILES string of the molecule is CC1CN(C(=O)C2(C(N)=NO)CCC2)CC(C)O1. The molecular weight excluding hydrogens is 234 g/mol. The summed E-state index contributed by atoms with van der Waals surface area (Å²) in [6.45, 7) is 5.05. The maximum atomic E-state index is 12.6. The van der Waals surface area contributed by atoms with E-state index in [0.29, 0.717) is 25.9 Å². The van der Waals surface area contributed by atoms with Crippen molar-refractivity contribution in [1.82, 2.24) is 4.90 Å². The highest BCUT2D eigenvalue weighted by Gasteiger charge is 2.51. The van der Waals surface area contributed by atoms with Crippen LogP contribution in [0.2, 0.25) is 0 Å². The second kappa shape index (κ2) is 4.76. The minimum Gasteiger partial charge on any atom is -0.409 e. The van der Waals surface area contributed by atoms with Gasteiger partial charge in [-0.25, -0.2) is 0 Å². The van der Waals surface area contributed by atoms with Gasteiger partial charge in [0.1, 0.15) is 5.41 Å². The highest BCUT2D eigenvalue weighted by molar-refractivity contribution is 6.07. The van der Waals surface area contributed by atoms with E-state index in [4.69, 9.17) is 15.7 Å². The largest absolute Gasteiger partial charge is 0.409 e. The van der Waals surface area contributed by atoms with E-state index in [2.05, 4.69) is 5.16 Å². The molecule has 1 aliphatic carbocycles. The maximum Gasteiger partial charge on any atom is 0.236 e. The average Bonchev–Trinajstić information content (AvgIpc) is 2.25. The second-order valence-corrected chi connectivity index (χ2v) is 5.39. The van der Waals surface area contributed by atoms with Crippen molar-refractivity contribution in [3.05, 3.63) is 0 Å². The van der Waals surface area contributed by atoms with Gasteiger partial charge in [0.15, 0.2) is 5.84 Å².